The second-order valence-electron chi connectivity index (χ2n) is 9.81. The molecule has 0 saturated carbocycles. The summed E-state index contributed by atoms with van der Waals surface area (Å²) in [7, 11) is 0. The van der Waals surface area contributed by atoms with Gasteiger partial charge in [-0.3, -0.25) is 4.79 Å². The van der Waals surface area contributed by atoms with Crippen molar-refractivity contribution in [3.8, 4) is 17.1 Å². The molecule has 0 radical (unpaired) electrons. The molecular weight excluding hydrogens is 452 g/mol. The van der Waals surface area contributed by atoms with Crippen molar-refractivity contribution >= 4 is 33.2 Å². The van der Waals surface area contributed by atoms with Crippen molar-refractivity contribution in [2.75, 3.05) is 0 Å². The van der Waals surface area contributed by atoms with Gasteiger partial charge in [0.2, 0.25) is 0 Å². The molecule has 170 valence electrons. The fraction of sp³-hybridized carbons (Fsp3) is 0.333. The number of aromatic nitrogens is 2. The number of rotatable bonds is 4. The molecule has 4 aromatic rings. The van der Waals surface area contributed by atoms with E-state index < -0.39 is 0 Å². The molecule has 0 saturated heterocycles. The van der Waals surface area contributed by atoms with Gasteiger partial charge < -0.3 is 9.72 Å². The molecule has 0 aliphatic heterocycles. The fourth-order valence-electron chi connectivity index (χ4n) is 4.55. The van der Waals surface area contributed by atoms with E-state index in [0.29, 0.717) is 23.4 Å². The Morgan fingerprint density at radius 1 is 1.15 bits per heavy atom. The molecule has 1 aliphatic rings. The Kier molecular flexibility index (Phi) is 5.79. The molecule has 4 nitrogen and oxygen atoms in total. The highest BCUT2D eigenvalue weighted by molar-refractivity contribution is 7.18. The smallest absolute Gasteiger partial charge is 0.260 e. The third-order valence-electron chi connectivity index (χ3n) is 6.62. The molecular formula is C27H27ClN2O2S. The van der Waals surface area contributed by atoms with Crippen molar-refractivity contribution < 1.29 is 4.74 Å². The molecule has 1 N–H and O–H groups in total. The normalized spacial score (nSPS) is 16.1. The summed E-state index contributed by atoms with van der Waals surface area (Å²) >= 11 is 7.89. The van der Waals surface area contributed by atoms with Crippen molar-refractivity contribution in [2.45, 2.75) is 46.6 Å². The Morgan fingerprint density at radius 3 is 2.64 bits per heavy atom. The molecule has 2 aromatic heterocycles. The van der Waals surface area contributed by atoms with Gasteiger partial charge in [-0.25, -0.2) is 4.98 Å². The Labute approximate surface area is 202 Å². The van der Waals surface area contributed by atoms with Crippen LogP contribution in [0, 0.1) is 11.3 Å². The number of nitrogens with one attached hydrogen (secondary N) is 1. The summed E-state index contributed by atoms with van der Waals surface area (Å²) in [5, 5.41) is 1.47. The number of H-pyrrole nitrogens is 1. The molecule has 6 heteroatoms. The summed E-state index contributed by atoms with van der Waals surface area (Å²) in [6.07, 6.45) is 3.12. The molecule has 0 amide bonds. The van der Waals surface area contributed by atoms with Gasteiger partial charge in [0.1, 0.15) is 23.0 Å². The lowest BCUT2D eigenvalue weighted by molar-refractivity contribution is 0.218. The Hall–Kier alpha value is -2.63. The summed E-state index contributed by atoms with van der Waals surface area (Å²) in [5.74, 6) is 1.97. The number of thiophene rings is 1. The van der Waals surface area contributed by atoms with Crippen LogP contribution in [0.25, 0.3) is 21.6 Å². The molecule has 33 heavy (non-hydrogen) atoms. The van der Waals surface area contributed by atoms with Crippen LogP contribution in [0.1, 0.15) is 43.2 Å². The zero-order valence-electron chi connectivity index (χ0n) is 19.1. The van der Waals surface area contributed by atoms with Crippen LogP contribution in [0.5, 0.6) is 5.75 Å². The van der Waals surface area contributed by atoms with E-state index in [2.05, 4.69) is 25.8 Å². The Bertz CT molecular complexity index is 1370. The average molecular weight is 479 g/mol. The third kappa shape index (κ3) is 4.44. The minimum Gasteiger partial charge on any atom is -0.489 e. The second-order valence-corrected chi connectivity index (χ2v) is 11.3. The van der Waals surface area contributed by atoms with Gasteiger partial charge in [-0.05, 0) is 66.5 Å². The maximum Gasteiger partial charge on any atom is 0.260 e. The third-order valence-corrected chi connectivity index (χ3v) is 8.14. The van der Waals surface area contributed by atoms with Crippen molar-refractivity contribution in [1.29, 1.82) is 0 Å². The lowest BCUT2D eigenvalue weighted by Crippen LogP contribution is -2.26. The molecule has 1 aliphatic carbocycles. The molecule has 0 spiro atoms. The molecule has 1 unspecified atom stereocenters. The number of aromatic amines is 1. The van der Waals surface area contributed by atoms with E-state index in [0.717, 1.165) is 46.4 Å². The summed E-state index contributed by atoms with van der Waals surface area (Å²) in [6.45, 7) is 7.32. The van der Waals surface area contributed by atoms with Gasteiger partial charge in [-0.15, -0.1) is 11.3 Å². The minimum atomic E-state index is -0.0410. The number of benzene rings is 2. The zero-order valence-corrected chi connectivity index (χ0v) is 20.6. The first-order chi connectivity index (χ1) is 15.8. The van der Waals surface area contributed by atoms with E-state index in [4.69, 9.17) is 21.3 Å². The van der Waals surface area contributed by atoms with Crippen molar-refractivity contribution in [2.24, 2.45) is 11.3 Å². The number of hydrogen-bond acceptors (Lipinski definition) is 4. The van der Waals surface area contributed by atoms with Crippen LogP contribution in [0.15, 0.2) is 53.3 Å². The van der Waals surface area contributed by atoms with Gasteiger partial charge in [0, 0.05) is 21.0 Å². The van der Waals surface area contributed by atoms with Crippen molar-refractivity contribution in [3.05, 3.63) is 79.9 Å². The van der Waals surface area contributed by atoms with Crippen LogP contribution >= 0.6 is 22.9 Å². The van der Waals surface area contributed by atoms with Crippen molar-refractivity contribution in [1.82, 2.24) is 9.97 Å². The predicted octanol–water partition coefficient (Wildman–Crippen LogP) is 7.04. The van der Waals surface area contributed by atoms with Gasteiger partial charge in [-0.2, -0.15) is 0 Å². The van der Waals surface area contributed by atoms with Crippen LogP contribution in [0.3, 0.4) is 0 Å². The van der Waals surface area contributed by atoms with Gasteiger partial charge >= 0.3 is 0 Å². The Morgan fingerprint density at radius 2 is 1.91 bits per heavy atom. The fourth-order valence-corrected chi connectivity index (χ4v) is 6.04. The van der Waals surface area contributed by atoms with Crippen LogP contribution < -0.4 is 10.3 Å². The predicted molar refractivity (Wildman–Crippen MR) is 136 cm³/mol. The number of hydrogen-bond donors (Lipinski definition) is 1. The average Bonchev–Trinajstić information content (AvgIpc) is 3.16. The first kappa shape index (κ1) is 22.2. The highest BCUT2D eigenvalue weighted by Gasteiger charge is 2.31. The molecule has 2 heterocycles. The number of aryl methyl sites for hydroxylation is 1. The van der Waals surface area contributed by atoms with E-state index in [-0.39, 0.29) is 11.0 Å². The standard InChI is InChI=1S/C27H27ClN2O2S/c1-27(2,3)18-10-13-20-22(14-18)33-26-23(20)25(31)29-24(30-26)16-8-11-19(12-9-16)32-15-17-6-4-5-7-21(17)28/h4-9,11-12,18H,10,13-15H2,1-3H3,(H,29,30,31). The van der Waals surface area contributed by atoms with Gasteiger partial charge in [0.25, 0.3) is 5.56 Å². The first-order valence-electron chi connectivity index (χ1n) is 11.3. The van der Waals surface area contributed by atoms with E-state index in [1.807, 2.05) is 48.5 Å². The quantitative estimate of drug-likeness (QED) is 0.342. The van der Waals surface area contributed by atoms with Gasteiger partial charge in [0.15, 0.2) is 0 Å². The van der Waals surface area contributed by atoms with Crippen LogP contribution in [0.2, 0.25) is 5.02 Å². The number of nitrogens with zero attached hydrogens (tertiary/aromatic N) is 1. The Balaban J connectivity index is 1.39. The maximum atomic E-state index is 13.0. The van der Waals surface area contributed by atoms with E-state index in [1.54, 1.807) is 11.3 Å². The summed E-state index contributed by atoms with van der Waals surface area (Å²) in [4.78, 5) is 23.0. The van der Waals surface area contributed by atoms with E-state index >= 15 is 0 Å². The van der Waals surface area contributed by atoms with Gasteiger partial charge in [0.05, 0.1) is 5.39 Å². The first-order valence-corrected chi connectivity index (χ1v) is 12.5. The minimum absolute atomic E-state index is 0.0410. The number of ether oxygens (including phenoxy) is 1. The van der Waals surface area contributed by atoms with Crippen LogP contribution in [0.4, 0.5) is 0 Å². The number of fused-ring (bicyclic) bond motifs is 3. The molecule has 2 aromatic carbocycles. The summed E-state index contributed by atoms with van der Waals surface area (Å²) in [6, 6.07) is 15.3. The van der Waals surface area contributed by atoms with Crippen LogP contribution in [-0.2, 0) is 19.4 Å². The lowest BCUT2D eigenvalue weighted by Gasteiger charge is -2.33. The highest BCUT2D eigenvalue weighted by atomic mass is 35.5. The molecule has 5 rings (SSSR count). The maximum absolute atomic E-state index is 13.0. The monoisotopic (exact) mass is 478 g/mol. The lowest BCUT2D eigenvalue weighted by atomic mass is 9.72. The molecule has 0 fully saturated rings. The van der Waals surface area contributed by atoms with Crippen molar-refractivity contribution in [3.63, 3.8) is 0 Å². The largest absolute Gasteiger partial charge is 0.489 e. The summed E-state index contributed by atoms with van der Waals surface area (Å²) in [5.41, 5.74) is 3.24. The van der Waals surface area contributed by atoms with E-state index in [9.17, 15) is 4.79 Å². The highest BCUT2D eigenvalue weighted by Crippen LogP contribution is 2.42. The SMILES string of the molecule is CC(C)(C)C1CCc2c(sc3nc(-c4ccc(OCc5ccccc5Cl)cc4)[nH]c(=O)c23)C1. The topological polar surface area (TPSA) is 55.0 Å². The molecule has 0 bridgehead atoms. The summed E-state index contributed by atoms with van der Waals surface area (Å²) < 4.78 is 5.88. The van der Waals surface area contributed by atoms with Gasteiger partial charge in [-0.1, -0.05) is 50.6 Å². The second kappa shape index (κ2) is 8.62. The van der Waals surface area contributed by atoms with Crippen LogP contribution in [-0.4, -0.2) is 9.97 Å². The number of halogens is 1. The zero-order chi connectivity index (χ0) is 23.2. The molecule has 1 atom stereocenters. The van der Waals surface area contributed by atoms with E-state index in [1.165, 1.54) is 10.4 Å².